The third-order valence-corrected chi connectivity index (χ3v) is 10.3. The molecule has 1 aliphatic carbocycles. The standard InChI is InChI=1S/C36H51N3O6/c1-4-22-37(27-16-18-28(19-17-27)44-6-3)33(41)30-29-20-21-36(45-29)31(30)34(42)39(24-12-7-8-13-25-40)32(36)35(43)38(23-5-2)26-14-10-9-11-15-26/h4-5,16-19,26,29-32,40H,1-2,6-15,20-25H2,3H3/t29-,30+,31+,32?,36?/m1/s1. The van der Waals surface area contributed by atoms with E-state index in [4.69, 9.17) is 9.47 Å². The normalized spacial score (nSPS) is 27.3. The van der Waals surface area contributed by atoms with Crippen LogP contribution in [0.1, 0.15) is 77.6 Å². The summed E-state index contributed by atoms with van der Waals surface area (Å²) in [6.07, 6.45) is 12.6. The van der Waals surface area contributed by atoms with E-state index in [2.05, 4.69) is 13.2 Å². The first-order valence-corrected chi connectivity index (χ1v) is 17.1. The Bertz CT molecular complexity index is 1210. The summed E-state index contributed by atoms with van der Waals surface area (Å²) >= 11 is 0. The number of carbonyl (C=O) groups excluding carboxylic acids is 3. The molecule has 1 spiro atoms. The molecule has 5 rings (SSSR count). The van der Waals surface area contributed by atoms with E-state index >= 15 is 0 Å². The van der Waals surface area contributed by atoms with Crippen molar-refractivity contribution in [1.29, 1.82) is 0 Å². The Morgan fingerprint density at radius 3 is 2.40 bits per heavy atom. The minimum atomic E-state index is -1.03. The number of unbranched alkanes of at least 4 members (excludes halogenated alkanes) is 3. The molecule has 5 atom stereocenters. The van der Waals surface area contributed by atoms with Crippen LogP contribution in [0.2, 0.25) is 0 Å². The van der Waals surface area contributed by atoms with Gasteiger partial charge in [-0.3, -0.25) is 14.4 Å². The predicted octanol–water partition coefficient (Wildman–Crippen LogP) is 4.88. The van der Waals surface area contributed by atoms with Crippen LogP contribution in [0.5, 0.6) is 5.75 Å². The molecule has 0 radical (unpaired) electrons. The van der Waals surface area contributed by atoms with Crippen molar-refractivity contribution in [1.82, 2.24) is 9.80 Å². The maximum Gasteiger partial charge on any atom is 0.248 e. The predicted molar refractivity (Wildman–Crippen MR) is 174 cm³/mol. The Balaban J connectivity index is 1.47. The van der Waals surface area contributed by atoms with E-state index in [1.54, 1.807) is 22.0 Å². The van der Waals surface area contributed by atoms with Crippen molar-refractivity contribution in [2.75, 3.05) is 37.7 Å². The van der Waals surface area contributed by atoms with Gasteiger partial charge in [0.1, 0.15) is 17.4 Å². The summed E-state index contributed by atoms with van der Waals surface area (Å²) in [5, 5.41) is 9.25. The smallest absolute Gasteiger partial charge is 0.248 e. The fraction of sp³-hybridized carbons (Fsp3) is 0.639. The fourth-order valence-corrected chi connectivity index (χ4v) is 8.33. The van der Waals surface area contributed by atoms with Gasteiger partial charge < -0.3 is 29.3 Å². The molecule has 3 amide bonds. The van der Waals surface area contributed by atoms with Crippen molar-refractivity contribution in [3.05, 3.63) is 49.6 Å². The van der Waals surface area contributed by atoms with Crippen LogP contribution in [0, 0.1) is 11.8 Å². The van der Waals surface area contributed by atoms with Crippen molar-refractivity contribution < 1.29 is 29.0 Å². The quantitative estimate of drug-likeness (QED) is 0.209. The number of rotatable bonds is 16. The molecule has 1 N–H and O–H groups in total. The van der Waals surface area contributed by atoms with Crippen LogP contribution in [-0.2, 0) is 19.1 Å². The molecule has 2 bridgehead atoms. The number of ether oxygens (including phenoxy) is 2. The van der Waals surface area contributed by atoms with Gasteiger partial charge in [0, 0.05) is 38.0 Å². The molecule has 9 nitrogen and oxygen atoms in total. The lowest BCUT2D eigenvalue weighted by Crippen LogP contribution is -2.58. The van der Waals surface area contributed by atoms with Crippen molar-refractivity contribution in [2.45, 2.75) is 101 Å². The molecule has 45 heavy (non-hydrogen) atoms. The van der Waals surface area contributed by atoms with Crippen molar-refractivity contribution in [3.63, 3.8) is 0 Å². The van der Waals surface area contributed by atoms with Crippen LogP contribution in [0.25, 0.3) is 0 Å². The average Bonchev–Trinajstić information content (AvgIpc) is 3.70. The highest BCUT2D eigenvalue weighted by atomic mass is 16.5. The van der Waals surface area contributed by atoms with Gasteiger partial charge in [-0.2, -0.15) is 0 Å². The number of amides is 3. The van der Waals surface area contributed by atoms with Crippen LogP contribution in [-0.4, -0.2) is 89.3 Å². The zero-order valence-electron chi connectivity index (χ0n) is 26.9. The van der Waals surface area contributed by atoms with Crippen LogP contribution in [0.4, 0.5) is 5.69 Å². The Kier molecular flexibility index (Phi) is 11.0. The second kappa shape index (κ2) is 14.9. The molecule has 1 aromatic carbocycles. The van der Waals surface area contributed by atoms with E-state index < -0.39 is 29.6 Å². The Labute approximate surface area is 268 Å². The summed E-state index contributed by atoms with van der Waals surface area (Å²) in [4.78, 5) is 49.1. The number of hydrogen-bond acceptors (Lipinski definition) is 6. The molecule has 1 aromatic rings. The third-order valence-electron chi connectivity index (χ3n) is 10.3. The van der Waals surface area contributed by atoms with Crippen LogP contribution in [0.15, 0.2) is 49.6 Å². The minimum Gasteiger partial charge on any atom is -0.494 e. The number of likely N-dealkylation sites (tertiary alicyclic amines) is 1. The minimum absolute atomic E-state index is 0.0729. The van der Waals surface area contributed by atoms with E-state index in [-0.39, 0.29) is 36.9 Å². The van der Waals surface area contributed by atoms with E-state index in [1.165, 1.54) is 6.42 Å². The number of benzene rings is 1. The topological polar surface area (TPSA) is 99.6 Å². The summed E-state index contributed by atoms with van der Waals surface area (Å²) in [5.41, 5.74) is -0.328. The highest BCUT2D eigenvalue weighted by molar-refractivity contribution is 6.03. The van der Waals surface area contributed by atoms with E-state index in [0.717, 1.165) is 50.7 Å². The molecule has 3 heterocycles. The maximum absolute atomic E-state index is 14.7. The zero-order chi connectivity index (χ0) is 32.0. The van der Waals surface area contributed by atoms with Gasteiger partial charge in [-0.05, 0) is 69.7 Å². The first-order valence-electron chi connectivity index (χ1n) is 17.1. The van der Waals surface area contributed by atoms with E-state index in [9.17, 15) is 19.5 Å². The molecule has 246 valence electrons. The van der Waals surface area contributed by atoms with Gasteiger partial charge in [0.05, 0.1) is 24.5 Å². The molecule has 3 aliphatic heterocycles. The van der Waals surface area contributed by atoms with Crippen molar-refractivity contribution >= 4 is 23.4 Å². The van der Waals surface area contributed by atoms with Gasteiger partial charge in [0.15, 0.2) is 0 Å². The van der Waals surface area contributed by atoms with Gasteiger partial charge in [-0.15, -0.1) is 13.2 Å². The third kappa shape index (κ3) is 6.43. The molecular formula is C36H51N3O6. The first-order chi connectivity index (χ1) is 21.9. The summed E-state index contributed by atoms with van der Waals surface area (Å²) < 4.78 is 12.4. The van der Waals surface area contributed by atoms with Gasteiger partial charge in [0.25, 0.3) is 0 Å². The van der Waals surface area contributed by atoms with Crippen molar-refractivity contribution in [3.8, 4) is 5.75 Å². The Morgan fingerprint density at radius 2 is 1.73 bits per heavy atom. The Hall–Kier alpha value is -3.17. The zero-order valence-corrected chi connectivity index (χ0v) is 26.9. The molecule has 1 saturated carbocycles. The van der Waals surface area contributed by atoms with Gasteiger partial charge in [-0.25, -0.2) is 0 Å². The lowest BCUT2D eigenvalue weighted by atomic mass is 9.70. The Morgan fingerprint density at radius 1 is 1.02 bits per heavy atom. The van der Waals surface area contributed by atoms with Crippen LogP contribution < -0.4 is 9.64 Å². The second-order valence-corrected chi connectivity index (χ2v) is 13.0. The van der Waals surface area contributed by atoms with Crippen LogP contribution in [0.3, 0.4) is 0 Å². The molecular weight excluding hydrogens is 570 g/mol. The number of hydrogen-bond donors (Lipinski definition) is 1. The highest BCUT2D eigenvalue weighted by Crippen LogP contribution is 2.59. The molecule has 3 saturated heterocycles. The van der Waals surface area contributed by atoms with E-state index in [1.807, 2.05) is 36.1 Å². The molecule has 2 unspecified atom stereocenters. The molecule has 9 heteroatoms. The summed E-state index contributed by atoms with van der Waals surface area (Å²) in [5.74, 6) is -1.08. The number of carbonyl (C=O) groups is 3. The number of anilines is 1. The fourth-order valence-electron chi connectivity index (χ4n) is 8.33. The van der Waals surface area contributed by atoms with Gasteiger partial charge in [-0.1, -0.05) is 44.3 Å². The lowest BCUT2D eigenvalue weighted by molar-refractivity contribution is -0.150. The SMILES string of the molecule is C=CCN(C(=O)[C@@H]1[C@H]2C(=O)N(CCCCCCO)C(C(=O)N(CC=C)C3CCCCC3)C23CC[C@H]1O3)c1ccc(OCC)cc1. The molecule has 4 aliphatic rings. The summed E-state index contributed by atoms with van der Waals surface area (Å²) in [7, 11) is 0. The number of nitrogens with zero attached hydrogens (tertiary/aromatic N) is 3. The highest BCUT2D eigenvalue weighted by Gasteiger charge is 2.75. The summed E-state index contributed by atoms with van der Waals surface area (Å²) in [6, 6.07) is 6.74. The van der Waals surface area contributed by atoms with E-state index in [0.29, 0.717) is 44.6 Å². The lowest BCUT2D eigenvalue weighted by Gasteiger charge is -2.40. The molecule has 0 aromatic heterocycles. The average molecular weight is 622 g/mol. The number of aliphatic hydroxyl groups is 1. The maximum atomic E-state index is 14.7. The van der Waals surface area contributed by atoms with Gasteiger partial charge in [0.2, 0.25) is 17.7 Å². The summed E-state index contributed by atoms with van der Waals surface area (Å²) in [6.45, 7) is 11.6. The van der Waals surface area contributed by atoms with Gasteiger partial charge >= 0.3 is 0 Å². The largest absolute Gasteiger partial charge is 0.494 e. The van der Waals surface area contributed by atoms with Crippen molar-refractivity contribution in [2.24, 2.45) is 11.8 Å². The second-order valence-electron chi connectivity index (χ2n) is 13.0. The monoisotopic (exact) mass is 621 g/mol. The molecule has 4 fully saturated rings. The number of fused-ring (bicyclic) bond motifs is 1. The van der Waals surface area contributed by atoms with Crippen LogP contribution >= 0.6 is 0 Å². The first kappa shape index (κ1) is 33.2. The number of aliphatic hydroxyl groups excluding tert-OH is 1.